The first kappa shape index (κ1) is 15.5. The lowest BCUT2D eigenvalue weighted by Gasteiger charge is -2.15. The van der Waals surface area contributed by atoms with E-state index in [0.29, 0.717) is 0 Å². The van der Waals surface area contributed by atoms with E-state index >= 15 is 0 Å². The van der Waals surface area contributed by atoms with E-state index < -0.39 is 0 Å². The molecule has 1 aliphatic rings. The van der Waals surface area contributed by atoms with Crippen LogP contribution in [0.1, 0.15) is 27.9 Å². The van der Waals surface area contributed by atoms with Crippen molar-refractivity contribution in [2.75, 3.05) is 0 Å². The second-order valence-corrected chi connectivity index (χ2v) is 7.19. The maximum Gasteiger partial charge on any atom is 0.106 e. The molecule has 0 atom stereocenters. The number of halogens is 2. The zero-order valence-electron chi connectivity index (χ0n) is 12.7. The highest BCUT2D eigenvalue weighted by molar-refractivity contribution is 9.18. The average Bonchev–Trinajstić information content (AvgIpc) is 3.02. The summed E-state index contributed by atoms with van der Waals surface area (Å²) >= 11 is 6.96. The predicted octanol–water partition coefficient (Wildman–Crippen LogP) is 5.83. The lowest BCUT2D eigenvalue weighted by Crippen LogP contribution is -1.99. The molecule has 2 nitrogen and oxygen atoms in total. The van der Waals surface area contributed by atoms with Crippen LogP contribution in [0.2, 0.25) is 0 Å². The predicted molar refractivity (Wildman–Crippen MR) is 101 cm³/mol. The fourth-order valence-corrected chi connectivity index (χ4v) is 3.63. The molecule has 112 valence electrons. The molecule has 0 radical (unpaired) electrons. The highest BCUT2D eigenvalue weighted by Crippen LogP contribution is 2.35. The van der Waals surface area contributed by atoms with Gasteiger partial charge in [0.25, 0.3) is 0 Å². The van der Waals surface area contributed by atoms with E-state index in [4.69, 9.17) is 0 Å². The monoisotopic (exact) mass is 418 g/mol. The summed E-state index contributed by atoms with van der Waals surface area (Å²) in [7, 11) is 0. The van der Waals surface area contributed by atoms with Crippen LogP contribution in [0.25, 0.3) is 5.57 Å². The standard InChI is InChI=1S/C18H16Br2N2/c1-10-8-11(2)17(12(3)9-10)18(13-4-6-15(19)21-13)14-5-7-16(20)22-14/h4-9,21H,1-3H3/b18-14-. The number of nitrogens with zero attached hydrogens (tertiary/aromatic N) is 1. The molecule has 1 aromatic carbocycles. The van der Waals surface area contributed by atoms with Crippen molar-refractivity contribution in [2.45, 2.75) is 20.8 Å². The van der Waals surface area contributed by atoms with E-state index in [-0.39, 0.29) is 0 Å². The van der Waals surface area contributed by atoms with E-state index in [0.717, 1.165) is 26.2 Å². The van der Waals surface area contributed by atoms with Gasteiger partial charge in [0.2, 0.25) is 0 Å². The van der Waals surface area contributed by atoms with E-state index in [2.05, 4.69) is 80.8 Å². The van der Waals surface area contributed by atoms with Gasteiger partial charge in [0, 0.05) is 11.3 Å². The molecular formula is C18H16Br2N2. The van der Waals surface area contributed by atoms with Gasteiger partial charge >= 0.3 is 0 Å². The Bertz CT molecular complexity index is 816. The van der Waals surface area contributed by atoms with Crippen molar-refractivity contribution in [3.05, 3.63) is 74.7 Å². The van der Waals surface area contributed by atoms with E-state index in [1.54, 1.807) is 0 Å². The van der Waals surface area contributed by atoms with Crippen molar-refractivity contribution < 1.29 is 0 Å². The Labute approximate surface area is 147 Å². The summed E-state index contributed by atoms with van der Waals surface area (Å²) in [5, 5.41) is 0. The summed E-state index contributed by atoms with van der Waals surface area (Å²) < 4.78 is 1.82. The third-order valence-electron chi connectivity index (χ3n) is 3.71. The Morgan fingerprint density at radius 3 is 2.18 bits per heavy atom. The minimum Gasteiger partial charge on any atom is -0.349 e. The van der Waals surface area contributed by atoms with Gasteiger partial charge in [0.1, 0.15) is 4.62 Å². The normalized spacial score (nSPS) is 16.1. The fraction of sp³-hybridized carbons (Fsp3) is 0.167. The minimum absolute atomic E-state index is 0.855. The Morgan fingerprint density at radius 2 is 1.68 bits per heavy atom. The molecule has 1 aromatic heterocycles. The summed E-state index contributed by atoms with van der Waals surface area (Å²) in [4.78, 5) is 8.00. The lowest BCUT2D eigenvalue weighted by atomic mass is 9.91. The fourth-order valence-electron chi connectivity index (χ4n) is 2.97. The van der Waals surface area contributed by atoms with Crippen LogP contribution < -0.4 is 0 Å². The Morgan fingerprint density at radius 1 is 1.00 bits per heavy atom. The van der Waals surface area contributed by atoms with E-state index in [1.807, 2.05) is 18.2 Å². The number of nitrogens with one attached hydrogen (secondary N) is 1. The van der Waals surface area contributed by atoms with Crippen molar-refractivity contribution in [3.63, 3.8) is 0 Å². The molecule has 2 heterocycles. The van der Waals surface area contributed by atoms with Crippen LogP contribution in [0.5, 0.6) is 0 Å². The van der Waals surface area contributed by atoms with Crippen LogP contribution in [0.4, 0.5) is 0 Å². The van der Waals surface area contributed by atoms with Crippen molar-refractivity contribution in [2.24, 2.45) is 4.99 Å². The number of aliphatic imine (C=N–C) groups is 1. The molecule has 4 heteroatoms. The number of rotatable bonds is 2. The number of H-pyrrole nitrogens is 1. The van der Waals surface area contributed by atoms with Crippen molar-refractivity contribution in [3.8, 4) is 0 Å². The first-order chi connectivity index (χ1) is 10.5. The third kappa shape index (κ3) is 2.90. The van der Waals surface area contributed by atoms with E-state index in [9.17, 15) is 0 Å². The molecule has 1 aliphatic heterocycles. The maximum absolute atomic E-state index is 4.62. The van der Waals surface area contributed by atoms with Gasteiger partial charge in [-0.15, -0.1) is 0 Å². The highest BCUT2D eigenvalue weighted by atomic mass is 79.9. The van der Waals surface area contributed by atoms with Gasteiger partial charge in [0.15, 0.2) is 0 Å². The smallest absolute Gasteiger partial charge is 0.106 e. The Balaban J connectivity index is 2.31. The number of hydrogen-bond acceptors (Lipinski definition) is 1. The minimum atomic E-state index is 0.855. The second kappa shape index (κ2) is 6.01. The van der Waals surface area contributed by atoms with Crippen molar-refractivity contribution in [1.82, 2.24) is 4.98 Å². The molecule has 0 fully saturated rings. The van der Waals surface area contributed by atoms with Crippen LogP contribution in [0, 0.1) is 20.8 Å². The third-order valence-corrected chi connectivity index (χ3v) is 4.61. The summed E-state index contributed by atoms with van der Waals surface area (Å²) in [6, 6.07) is 8.55. The SMILES string of the molecule is Cc1cc(C)c(/C(=C2/C=CC(Br)=N2)c2ccc(Br)[nH]2)c(C)c1. The first-order valence-electron chi connectivity index (χ1n) is 7.05. The number of aryl methyl sites for hydroxylation is 3. The zero-order chi connectivity index (χ0) is 15.9. The number of aromatic nitrogens is 1. The van der Waals surface area contributed by atoms with Crippen molar-refractivity contribution in [1.29, 1.82) is 0 Å². The van der Waals surface area contributed by atoms with Gasteiger partial charge < -0.3 is 4.98 Å². The molecule has 0 aliphatic carbocycles. The summed E-state index contributed by atoms with van der Waals surface area (Å²) in [5.41, 5.74) is 8.21. The van der Waals surface area contributed by atoms with Gasteiger partial charge in [-0.2, -0.15) is 0 Å². The Hall–Kier alpha value is -1.39. The van der Waals surface area contributed by atoms with Gasteiger partial charge in [-0.3, -0.25) is 0 Å². The largest absolute Gasteiger partial charge is 0.349 e. The quantitative estimate of drug-likeness (QED) is 0.634. The van der Waals surface area contributed by atoms with Gasteiger partial charge in [-0.1, -0.05) is 17.7 Å². The topological polar surface area (TPSA) is 28.1 Å². The number of hydrogen-bond donors (Lipinski definition) is 1. The number of aromatic amines is 1. The number of benzene rings is 1. The number of allylic oxidation sites excluding steroid dienone is 2. The summed E-state index contributed by atoms with van der Waals surface area (Å²) in [5.74, 6) is 0. The van der Waals surface area contributed by atoms with Crippen LogP contribution in [-0.4, -0.2) is 9.60 Å². The summed E-state index contributed by atoms with van der Waals surface area (Å²) in [6.45, 7) is 6.45. The van der Waals surface area contributed by atoms with Crippen LogP contribution in [0.3, 0.4) is 0 Å². The van der Waals surface area contributed by atoms with E-state index in [1.165, 1.54) is 22.3 Å². The van der Waals surface area contributed by atoms with Gasteiger partial charge in [-0.25, -0.2) is 4.99 Å². The van der Waals surface area contributed by atoms with Gasteiger partial charge in [0.05, 0.1) is 10.3 Å². The molecule has 0 amide bonds. The highest BCUT2D eigenvalue weighted by Gasteiger charge is 2.18. The lowest BCUT2D eigenvalue weighted by molar-refractivity contribution is 1.24. The van der Waals surface area contributed by atoms with Crippen LogP contribution >= 0.6 is 31.9 Å². The molecule has 22 heavy (non-hydrogen) atoms. The second-order valence-electron chi connectivity index (χ2n) is 5.52. The van der Waals surface area contributed by atoms with Crippen LogP contribution in [0.15, 0.2) is 51.7 Å². The molecular weight excluding hydrogens is 404 g/mol. The molecule has 0 saturated heterocycles. The first-order valence-corrected chi connectivity index (χ1v) is 8.64. The molecule has 1 N–H and O–H groups in total. The molecule has 0 unspecified atom stereocenters. The van der Waals surface area contributed by atoms with Crippen molar-refractivity contribution >= 4 is 42.1 Å². The van der Waals surface area contributed by atoms with Crippen LogP contribution in [-0.2, 0) is 0 Å². The molecule has 2 aromatic rings. The molecule has 0 spiro atoms. The average molecular weight is 420 g/mol. The molecule has 3 rings (SSSR count). The molecule has 0 saturated carbocycles. The Kier molecular flexibility index (Phi) is 4.24. The summed E-state index contributed by atoms with van der Waals surface area (Å²) in [6.07, 6.45) is 4.03. The maximum atomic E-state index is 4.62. The van der Waals surface area contributed by atoms with Gasteiger partial charge in [-0.05, 0) is 93.6 Å². The zero-order valence-corrected chi connectivity index (χ0v) is 15.8. The molecule has 0 bridgehead atoms.